The van der Waals surface area contributed by atoms with E-state index in [-0.39, 0.29) is 5.16 Å². The molecule has 1 aromatic heterocycles. The molecule has 0 fully saturated rings. The fourth-order valence-electron chi connectivity index (χ4n) is 1.84. The standard InChI is InChI=1S/C13H13BrF3N3O2S/c1-20-11(13(15,16)17)18-19-12(20)23-6-7-4-9(21-2)10(22-3)5-8(7)14/h4-5H,6H2,1-3H3. The van der Waals surface area contributed by atoms with Gasteiger partial charge in [0.2, 0.25) is 5.82 Å². The molecule has 23 heavy (non-hydrogen) atoms. The second-order valence-corrected chi connectivity index (χ2v) is 6.25. The van der Waals surface area contributed by atoms with Gasteiger partial charge in [-0.1, -0.05) is 27.7 Å². The molecule has 2 aromatic rings. The number of hydrogen-bond donors (Lipinski definition) is 0. The molecule has 0 aliphatic heterocycles. The van der Waals surface area contributed by atoms with E-state index in [9.17, 15) is 13.2 Å². The maximum Gasteiger partial charge on any atom is 0.451 e. The summed E-state index contributed by atoms with van der Waals surface area (Å²) in [4.78, 5) is 0. The van der Waals surface area contributed by atoms with Crippen LogP contribution in [0.4, 0.5) is 13.2 Å². The highest BCUT2D eigenvalue weighted by molar-refractivity contribution is 9.10. The van der Waals surface area contributed by atoms with E-state index in [0.29, 0.717) is 17.3 Å². The molecular weight excluding hydrogens is 399 g/mol. The third-order valence-electron chi connectivity index (χ3n) is 3.00. The third kappa shape index (κ3) is 3.92. The number of hydrogen-bond acceptors (Lipinski definition) is 5. The fraction of sp³-hybridized carbons (Fsp3) is 0.385. The van der Waals surface area contributed by atoms with Gasteiger partial charge in [0.05, 0.1) is 14.2 Å². The first-order chi connectivity index (χ1) is 10.8. The zero-order valence-corrected chi connectivity index (χ0v) is 14.8. The van der Waals surface area contributed by atoms with Gasteiger partial charge in [-0.2, -0.15) is 13.2 Å². The Bertz CT molecular complexity index is 707. The highest BCUT2D eigenvalue weighted by atomic mass is 79.9. The lowest BCUT2D eigenvalue weighted by Gasteiger charge is -2.11. The molecule has 126 valence electrons. The van der Waals surface area contributed by atoms with Crippen molar-refractivity contribution >= 4 is 27.7 Å². The van der Waals surface area contributed by atoms with Crippen LogP contribution in [0.15, 0.2) is 21.8 Å². The lowest BCUT2D eigenvalue weighted by Crippen LogP contribution is -2.12. The first-order valence-corrected chi connectivity index (χ1v) is 8.05. The molecular formula is C13H13BrF3N3O2S. The van der Waals surface area contributed by atoms with E-state index in [1.807, 2.05) is 0 Å². The van der Waals surface area contributed by atoms with Gasteiger partial charge >= 0.3 is 6.18 Å². The average Bonchev–Trinajstić information content (AvgIpc) is 2.86. The van der Waals surface area contributed by atoms with Crippen molar-refractivity contribution in [2.75, 3.05) is 14.2 Å². The second-order valence-electron chi connectivity index (χ2n) is 4.45. The Morgan fingerprint density at radius 1 is 1.17 bits per heavy atom. The Balaban J connectivity index is 2.20. The van der Waals surface area contributed by atoms with E-state index in [1.165, 1.54) is 21.3 Å². The summed E-state index contributed by atoms with van der Waals surface area (Å²) in [6.07, 6.45) is -4.52. The fourth-order valence-corrected chi connectivity index (χ4v) is 3.39. The molecule has 2 rings (SSSR count). The number of thioether (sulfide) groups is 1. The van der Waals surface area contributed by atoms with E-state index in [1.54, 1.807) is 12.1 Å². The Hall–Kier alpha value is -1.42. The summed E-state index contributed by atoms with van der Waals surface area (Å²) < 4.78 is 50.2. The zero-order chi connectivity index (χ0) is 17.2. The second kappa shape index (κ2) is 7.00. The smallest absolute Gasteiger partial charge is 0.451 e. The Labute approximate surface area is 143 Å². The molecule has 5 nitrogen and oxygen atoms in total. The number of benzene rings is 1. The maximum atomic E-state index is 12.7. The van der Waals surface area contributed by atoms with E-state index in [2.05, 4.69) is 26.1 Å². The van der Waals surface area contributed by atoms with Crippen LogP contribution in [0, 0.1) is 0 Å². The van der Waals surface area contributed by atoms with E-state index < -0.39 is 12.0 Å². The third-order valence-corrected chi connectivity index (χ3v) is 4.81. The van der Waals surface area contributed by atoms with Gasteiger partial charge in [0.15, 0.2) is 16.7 Å². The first-order valence-electron chi connectivity index (χ1n) is 6.27. The molecule has 0 aliphatic carbocycles. The molecule has 0 spiro atoms. The SMILES string of the molecule is COc1cc(Br)c(CSc2nnc(C(F)(F)F)n2C)cc1OC. The summed E-state index contributed by atoms with van der Waals surface area (Å²) in [5, 5.41) is 6.96. The van der Waals surface area contributed by atoms with Gasteiger partial charge in [-0.05, 0) is 17.7 Å². The predicted molar refractivity (Wildman–Crippen MR) is 82.8 cm³/mol. The van der Waals surface area contributed by atoms with Crippen molar-refractivity contribution in [3.8, 4) is 11.5 Å². The minimum absolute atomic E-state index is 0.180. The zero-order valence-electron chi connectivity index (χ0n) is 12.4. The van der Waals surface area contributed by atoms with Gasteiger partial charge in [0.1, 0.15) is 0 Å². The number of ether oxygens (including phenoxy) is 2. The van der Waals surface area contributed by atoms with Crippen molar-refractivity contribution in [2.24, 2.45) is 7.05 Å². The first kappa shape index (κ1) is 17.9. The monoisotopic (exact) mass is 411 g/mol. The Morgan fingerprint density at radius 2 is 1.78 bits per heavy atom. The predicted octanol–water partition coefficient (Wildman–Crippen LogP) is 3.91. The number of halogens is 4. The molecule has 1 heterocycles. The van der Waals surface area contributed by atoms with Gasteiger partial charge in [-0.3, -0.25) is 0 Å². The minimum Gasteiger partial charge on any atom is -0.493 e. The summed E-state index contributed by atoms with van der Waals surface area (Å²) in [5.74, 6) is 0.475. The van der Waals surface area contributed by atoms with Crippen molar-refractivity contribution in [1.82, 2.24) is 14.8 Å². The maximum absolute atomic E-state index is 12.7. The van der Waals surface area contributed by atoms with Crippen LogP contribution in [-0.2, 0) is 19.0 Å². The number of methoxy groups -OCH3 is 2. The van der Waals surface area contributed by atoms with Gasteiger partial charge in [-0.25, -0.2) is 0 Å². The molecule has 0 unspecified atom stereocenters. The summed E-state index contributed by atoms with van der Waals surface area (Å²) in [6.45, 7) is 0. The number of aromatic nitrogens is 3. The van der Waals surface area contributed by atoms with Crippen molar-refractivity contribution in [1.29, 1.82) is 0 Å². The van der Waals surface area contributed by atoms with E-state index in [0.717, 1.165) is 26.4 Å². The summed E-state index contributed by atoms with van der Waals surface area (Å²) >= 11 is 4.56. The van der Waals surface area contributed by atoms with Gasteiger partial charge in [-0.15, -0.1) is 10.2 Å². The normalized spacial score (nSPS) is 11.6. The van der Waals surface area contributed by atoms with Gasteiger partial charge < -0.3 is 14.0 Å². The van der Waals surface area contributed by atoms with Crippen molar-refractivity contribution in [2.45, 2.75) is 17.1 Å². The molecule has 0 aliphatic rings. The van der Waals surface area contributed by atoms with Gasteiger partial charge in [0.25, 0.3) is 0 Å². The van der Waals surface area contributed by atoms with Crippen LogP contribution < -0.4 is 9.47 Å². The summed E-state index contributed by atoms with van der Waals surface area (Å²) in [5.41, 5.74) is 0.837. The van der Waals surface area contributed by atoms with Crippen LogP contribution in [0.25, 0.3) is 0 Å². The largest absolute Gasteiger partial charge is 0.493 e. The van der Waals surface area contributed by atoms with Crippen LogP contribution >= 0.6 is 27.7 Å². The Kier molecular flexibility index (Phi) is 5.45. The van der Waals surface area contributed by atoms with E-state index >= 15 is 0 Å². The molecule has 0 saturated carbocycles. The number of nitrogens with zero attached hydrogens (tertiary/aromatic N) is 3. The molecule has 0 amide bonds. The van der Waals surface area contributed by atoms with Crippen molar-refractivity contribution < 1.29 is 22.6 Å². The van der Waals surface area contributed by atoms with Gasteiger partial charge in [0, 0.05) is 17.3 Å². The molecule has 1 aromatic carbocycles. The van der Waals surface area contributed by atoms with E-state index in [4.69, 9.17) is 9.47 Å². The number of rotatable bonds is 5. The van der Waals surface area contributed by atoms with Crippen LogP contribution in [0.1, 0.15) is 11.4 Å². The highest BCUT2D eigenvalue weighted by Crippen LogP contribution is 2.36. The lowest BCUT2D eigenvalue weighted by molar-refractivity contribution is -0.147. The van der Waals surface area contributed by atoms with Crippen LogP contribution in [-0.4, -0.2) is 29.0 Å². The van der Waals surface area contributed by atoms with Crippen LogP contribution in [0.2, 0.25) is 0 Å². The Morgan fingerprint density at radius 3 is 2.30 bits per heavy atom. The summed E-state index contributed by atoms with van der Waals surface area (Å²) in [7, 11) is 4.33. The molecule has 0 radical (unpaired) electrons. The molecule has 0 bridgehead atoms. The lowest BCUT2D eigenvalue weighted by atomic mass is 10.2. The molecule has 0 saturated heterocycles. The average molecular weight is 412 g/mol. The molecule has 10 heteroatoms. The van der Waals surface area contributed by atoms with Crippen LogP contribution in [0.3, 0.4) is 0 Å². The minimum atomic E-state index is -4.52. The van der Waals surface area contributed by atoms with Crippen molar-refractivity contribution in [3.63, 3.8) is 0 Å². The van der Waals surface area contributed by atoms with Crippen molar-refractivity contribution in [3.05, 3.63) is 28.0 Å². The highest BCUT2D eigenvalue weighted by Gasteiger charge is 2.37. The topological polar surface area (TPSA) is 49.2 Å². The molecule has 0 N–H and O–H groups in total. The quantitative estimate of drug-likeness (QED) is 0.698. The number of alkyl halides is 3. The summed E-state index contributed by atoms with van der Waals surface area (Å²) in [6, 6.07) is 3.50. The van der Waals surface area contributed by atoms with Crippen LogP contribution in [0.5, 0.6) is 11.5 Å². The molecule has 0 atom stereocenters.